The summed E-state index contributed by atoms with van der Waals surface area (Å²) in [5.74, 6) is 0.733. The summed E-state index contributed by atoms with van der Waals surface area (Å²) in [6, 6.07) is 8.34. The molecule has 0 spiro atoms. The summed E-state index contributed by atoms with van der Waals surface area (Å²) in [5.41, 5.74) is 2.12. The first kappa shape index (κ1) is 14.8. The van der Waals surface area contributed by atoms with Crippen molar-refractivity contribution in [3.05, 3.63) is 41.0 Å². The molecule has 1 atom stereocenters. The van der Waals surface area contributed by atoms with Crippen molar-refractivity contribution < 1.29 is 4.79 Å². The maximum absolute atomic E-state index is 12.6. The standard InChI is InChI=1S/C18H21N3OS/c1-12-10-14(4-7-19-12)16-2-3-17(23-16)18(22)20-15-11-21-8-5-13(15)6-9-21/h2-4,7,10,13,15H,5-6,8-9,11H2,1H3,(H,20,22)/t15-/m0/s1. The molecule has 2 aromatic rings. The number of hydrogen-bond acceptors (Lipinski definition) is 4. The molecule has 3 saturated heterocycles. The normalized spacial score (nSPS) is 26.2. The number of thiophene rings is 1. The molecule has 1 N–H and O–H groups in total. The first-order valence-electron chi connectivity index (χ1n) is 8.25. The lowest BCUT2D eigenvalue weighted by Gasteiger charge is -2.44. The summed E-state index contributed by atoms with van der Waals surface area (Å²) in [6.45, 7) is 5.39. The summed E-state index contributed by atoms with van der Waals surface area (Å²) >= 11 is 1.56. The molecule has 1 amide bonds. The molecule has 3 fully saturated rings. The molecule has 0 saturated carbocycles. The van der Waals surface area contributed by atoms with Gasteiger partial charge in [-0.05, 0) is 68.6 Å². The van der Waals surface area contributed by atoms with Crippen LogP contribution in [-0.2, 0) is 0 Å². The maximum atomic E-state index is 12.6. The van der Waals surface area contributed by atoms with Gasteiger partial charge in [0.2, 0.25) is 0 Å². The summed E-state index contributed by atoms with van der Waals surface area (Å²) in [6.07, 6.45) is 4.26. The highest BCUT2D eigenvalue weighted by Gasteiger charge is 2.35. The Bertz CT molecular complexity index is 719. The number of nitrogens with one attached hydrogen (secondary N) is 1. The predicted octanol–water partition coefficient (Wildman–Crippen LogP) is 2.94. The van der Waals surface area contributed by atoms with Crippen molar-refractivity contribution in [2.75, 3.05) is 19.6 Å². The fourth-order valence-corrected chi connectivity index (χ4v) is 4.59. The number of pyridine rings is 1. The van der Waals surface area contributed by atoms with Gasteiger partial charge < -0.3 is 10.2 Å². The molecule has 3 aliphatic rings. The minimum Gasteiger partial charge on any atom is -0.347 e. The van der Waals surface area contributed by atoms with E-state index in [1.807, 2.05) is 31.3 Å². The summed E-state index contributed by atoms with van der Waals surface area (Å²) in [7, 11) is 0. The van der Waals surface area contributed by atoms with Crippen LogP contribution in [0.5, 0.6) is 0 Å². The van der Waals surface area contributed by atoms with E-state index in [9.17, 15) is 4.79 Å². The Morgan fingerprint density at radius 1 is 1.30 bits per heavy atom. The van der Waals surface area contributed by atoms with Gasteiger partial charge in [-0.3, -0.25) is 9.78 Å². The Balaban J connectivity index is 1.47. The average molecular weight is 327 g/mol. The number of piperidine rings is 3. The number of fused-ring (bicyclic) bond motifs is 3. The van der Waals surface area contributed by atoms with E-state index in [0.29, 0.717) is 12.0 Å². The maximum Gasteiger partial charge on any atom is 0.261 e. The molecule has 0 radical (unpaired) electrons. The fraction of sp³-hybridized carbons (Fsp3) is 0.444. The molecule has 5 heterocycles. The molecule has 0 aliphatic carbocycles. The van der Waals surface area contributed by atoms with Crippen LogP contribution in [0.4, 0.5) is 0 Å². The third-order valence-corrected chi connectivity index (χ3v) is 6.12. The van der Waals surface area contributed by atoms with Gasteiger partial charge >= 0.3 is 0 Å². The van der Waals surface area contributed by atoms with Crippen molar-refractivity contribution in [1.82, 2.24) is 15.2 Å². The van der Waals surface area contributed by atoms with Gasteiger partial charge in [0.05, 0.1) is 4.88 Å². The third kappa shape index (κ3) is 3.03. The van der Waals surface area contributed by atoms with E-state index in [-0.39, 0.29) is 5.91 Å². The zero-order chi connectivity index (χ0) is 15.8. The second-order valence-corrected chi connectivity index (χ2v) is 7.65. The van der Waals surface area contributed by atoms with Crippen molar-refractivity contribution in [2.24, 2.45) is 5.92 Å². The molecule has 3 aliphatic heterocycles. The van der Waals surface area contributed by atoms with Gasteiger partial charge in [-0.25, -0.2) is 0 Å². The fourth-order valence-electron chi connectivity index (χ4n) is 3.68. The van der Waals surface area contributed by atoms with Gasteiger partial charge in [0.15, 0.2) is 0 Å². The summed E-state index contributed by atoms with van der Waals surface area (Å²) in [5, 5.41) is 3.26. The SMILES string of the molecule is Cc1cc(-c2ccc(C(=O)N[C@H]3CN4CCC3CC4)s2)ccn1. The van der Waals surface area contributed by atoms with E-state index in [0.717, 1.165) is 27.6 Å². The number of hydrogen-bond donors (Lipinski definition) is 1. The van der Waals surface area contributed by atoms with E-state index in [2.05, 4.69) is 21.3 Å². The van der Waals surface area contributed by atoms with Crippen LogP contribution in [0.15, 0.2) is 30.5 Å². The first-order valence-corrected chi connectivity index (χ1v) is 9.07. The Morgan fingerprint density at radius 3 is 2.83 bits per heavy atom. The molecule has 5 heteroatoms. The second-order valence-electron chi connectivity index (χ2n) is 6.57. The summed E-state index contributed by atoms with van der Waals surface area (Å²) in [4.78, 5) is 21.2. The third-order valence-electron chi connectivity index (χ3n) is 4.98. The van der Waals surface area contributed by atoms with Crippen LogP contribution in [0.2, 0.25) is 0 Å². The zero-order valence-electron chi connectivity index (χ0n) is 13.3. The number of amides is 1. The average Bonchev–Trinajstić information content (AvgIpc) is 3.06. The van der Waals surface area contributed by atoms with E-state index in [4.69, 9.17) is 0 Å². The monoisotopic (exact) mass is 327 g/mol. The Morgan fingerprint density at radius 2 is 2.13 bits per heavy atom. The minimum atomic E-state index is 0.0748. The highest BCUT2D eigenvalue weighted by atomic mass is 32.1. The van der Waals surface area contributed by atoms with Crippen LogP contribution in [0.3, 0.4) is 0 Å². The molecule has 4 nitrogen and oxygen atoms in total. The largest absolute Gasteiger partial charge is 0.347 e. The van der Waals surface area contributed by atoms with Gasteiger partial charge in [-0.1, -0.05) is 0 Å². The van der Waals surface area contributed by atoms with Crippen molar-refractivity contribution in [3.8, 4) is 10.4 Å². The first-order chi connectivity index (χ1) is 11.2. The molecule has 2 bridgehead atoms. The number of nitrogens with zero attached hydrogens (tertiary/aromatic N) is 2. The number of aryl methyl sites for hydroxylation is 1. The van der Waals surface area contributed by atoms with Crippen LogP contribution in [-0.4, -0.2) is 41.5 Å². The zero-order valence-corrected chi connectivity index (χ0v) is 14.1. The molecule has 23 heavy (non-hydrogen) atoms. The predicted molar refractivity (Wildman–Crippen MR) is 92.7 cm³/mol. The van der Waals surface area contributed by atoms with E-state index in [1.165, 1.54) is 25.9 Å². The molecule has 0 aromatic carbocycles. The van der Waals surface area contributed by atoms with Gasteiger partial charge in [0.25, 0.3) is 5.91 Å². The van der Waals surface area contributed by atoms with E-state index >= 15 is 0 Å². The van der Waals surface area contributed by atoms with Gasteiger partial charge in [0.1, 0.15) is 0 Å². The van der Waals surface area contributed by atoms with Gasteiger partial charge in [-0.2, -0.15) is 0 Å². The number of aromatic nitrogens is 1. The molecule has 2 aromatic heterocycles. The lowest BCUT2D eigenvalue weighted by Crippen LogP contribution is -2.57. The second kappa shape index (κ2) is 6.06. The quantitative estimate of drug-likeness (QED) is 0.943. The van der Waals surface area contributed by atoms with Crippen molar-refractivity contribution in [3.63, 3.8) is 0 Å². The van der Waals surface area contributed by atoms with Crippen molar-refractivity contribution >= 4 is 17.2 Å². The Kier molecular flexibility index (Phi) is 3.91. The molecule has 120 valence electrons. The molecular formula is C18H21N3OS. The van der Waals surface area contributed by atoms with Crippen LogP contribution < -0.4 is 5.32 Å². The highest BCUT2D eigenvalue weighted by Crippen LogP contribution is 2.30. The highest BCUT2D eigenvalue weighted by molar-refractivity contribution is 7.17. The number of carbonyl (C=O) groups excluding carboxylic acids is 1. The Hall–Kier alpha value is -1.72. The minimum absolute atomic E-state index is 0.0748. The topological polar surface area (TPSA) is 45.2 Å². The van der Waals surface area contributed by atoms with Crippen molar-refractivity contribution in [1.29, 1.82) is 0 Å². The smallest absolute Gasteiger partial charge is 0.261 e. The van der Waals surface area contributed by atoms with Crippen LogP contribution in [0.1, 0.15) is 28.2 Å². The lowest BCUT2D eigenvalue weighted by molar-refractivity contribution is 0.0622. The van der Waals surface area contributed by atoms with E-state index < -0.39 is 0 Å². The van der Waals surface area contributed by atoms with Gasteiger partial charge in [0, 0.05) is 29.4 Å². The van der Waals surface area contributed by atoms with E-state index in [1.54, 1.807) is 11.3 Å². The Labute approximate surface area is 140 Å². The molecule has 5 rings (SSSR count). The number of rotatable bonds is 3. The van der Waals surface area contributed by atoms with Gasteiger partial charge in [-0.15, -0.1) is 11.3 Å². The van der Waals surface area contributed by atoms with Crippen LogP contribution >= 0.6 is 11.3 Å². The molecule has 0 unspecified atom stereocenters. The van der Waals surface area contributed by atoms with Crippen LogP contribution in [0.25, 0.3) is 10.4 Å². The van der Waals surface area contributed by atoms with Crippen LogP contribution in [0, 0.1) is 12.8 Å². The number of carbonyl (C=O) groups is 1. The summed E-state index contributed by atoms with van der Waals surface area (Å²) < 4.78 is 0. The van der Waals surface area contributed by atoms with Crippen molar-refractivity contribution in [2.45, 2.75) is 25.8 Å². The lowest BCUT2D eigenvalue weighted by atomic mass is 9.84. The molecular weight excluding hydrogens is 306 g/mol.